The first-order chi connectivity index (χ1) is 4.16. The molecule has 0 aliphatic heterocycles. The third-order valence-corrected chi connectivity index (χ3v) is 0.652. The summed E-state index contributed by atoms with van der Waals surface area (Å²) < 4.78 is 0. The topological polar surface area (TPSA) is 49.3 Å². The van der Waals surface area contributed by atoms with Crippen molar-refractivity contribution in [2.24, 2.45) is 0 Å². The average molecular weight is 127 g/mol. The molecule has 3 heteroatoms. The Morgan fingerprint density at radius 1 is 1.78 bits per heavy atom. The first-order valence-corrected chi connectivity index (χ1v) is 2.44. The molecule has 0 fully saturated rings. The fourth-order valence-corrected chi connectivity index (χ4v) is 0.261. The number of amides is 1. The molecule has 0 spiro atoms. The van der Waals surface area contributed by atoms with Gasteiger partial charge in [0.2, 0.25) is 5.91 Å². The zero-order chi connectivity index (χ0) is 7.28. The minimum Gasteiger partial charge on any atom is -0.511 e. The molecule has 3 nitrogen and oxygen atoms in total. The molecule has 0 bridgehead atoms. The first kappa shape index (κ1) is 7.75. The lowest BCUT2D eigenvalue weighted by molar-refractivity contribution is -0.116. The van der Waals surface area contributed by atoms with E-state index >= 15 is 0 Å². The molecule has 0 aliphatic rings. The normalized spacial score (nSPS) is 8.00. The molecule has 0 aromatic heterocycles. The Hall–Kier alpha value is -1.25. The summed E-state index contributed by atoms with van der Waals surface area (Å²) in [7, 11) is 0. The maximum atomic E-state index is 10.3. The van der Waals surface area contributed by atoms with E-state index in [4.69, 9.17) is 5.11 Å². The highest BCUT2D eigenvalue weighted by atomic mass is 16.3. The van der Waals surface area contributed by atoms with E-state index in [0.717, 1.165) is 6.08 Å². The van der Waals surface area contributed by atoms with Gasteiger partial charge in [0, 0.05) is 0 Å². The molecule has 0 radical (unpaired) electrons. The third-order valence-electron chi connectivity index (χ3n) is 0.652. The molecule has 0 aromatic carbocycles. The summed E-state index contributed by atoms with van der Waals surface area (Å²) in [5.74, 6) is -0.379. The lowest BCUT2D eigenvalue weighted by Gasteiger charge is -1.97. The monoisotopic (exact) mass is 127 g/mol. The van der Waals surface area contributed by atoms with Gasteiger partial charge < -0.3 is 10.4 Å². The van der Waals surface area contributed by atoms with Crippen LogP contribution in [0.15, 0.2) is 25.0 Å². The van der Waals surface area contributed by atoms with Crippen LogP contribution in [-0.4, -0.2) is 17.6 Å². The summed E-state index contributed by atoms with van der Waals surface area (Å²) in [6.07, 6.45) is 1.13. The summed E-state index contributed by atoms with van der Waals surface area (Å²) in [6, 6.07) is 0. The number of aliphatic hydroxyl groups excluding tert-OH is 1. The number of nitrogens with one attached hydrogen (secondary N) is 1. The first-order valence-electron chi connectivity index (χ1n) is 2.44. The molecule has 0 aliphatic carbocycles. The largest absolute Gasteiger partial charge is 0.511 e. The standard InChI is InChI=1S/C6H9NO2/c1-3-6(9)7-4-5(2)8/h3,8H,1-2,4H2,(H,7,9). The lowest BCUT2D eigenvalue weighted by atomic mass is 10.5. The number of carbonyl (C=O) groups excluding carboxylic acids is 1. The van der Waals surface area contributed by atoms with Crippen LogP contribution < -0.4 is 5.32 Å². The second-order valence-corrected chi connectivity index (χ2v) is 1.49. The van der Waals surface area contributed by atoms with Crippen molar-refractivity contribution in [3.63, 3.8) is 0 Å². The highest BCUT2D eigenvalue weighted by Gasteiger charge is 1.91. The fraction of sp³-hybridized carbons (Fsp3) is 0.167. The number of rotatable bonds is 3. The van der Waals surface area contributed by atoms with Crippen LogP contribution in [0.3, 0.4) is 0 Å². The molecule has 0 atom stereocenters. The molecule has 50 valence electrons. The van der Waals surface area contributed by atoms with Crippen molar-refractivity contribution in [3.05, 3.63) is 25.0 Å². The molecular weight excluding hydrogens is 118 g/mol. The molecule has 1 amide bonds. The Morgan fingerprint density at radius 3 is 2.67 bits per heavy atom. The van der Waals surface area contributed by atoms with Gasteiger partial charge in [-0.2, -0.15) is 0 Å². The zero-order valence-corrected chi connectivity index (χ0v) is 5.05. The van der Waals surface area contributed by atoms with Gasteiger partial charge in [-0.3, -0.25) is 4.79 Å². The van der Waals surface area contributed by atoms with Crippen molar-refractivity contribution in [3.8, 4) is 0 Å². The molecule has 0 aromatic rings. The molecule has 2 N–H and O–H groups in total. The lowest BCUT2D eigenvalue weighted by Crippen LogP contribution is -2.22. The maximum Gasteiger partial charge on any atom is 0.243 e. The maximum absolute atomic E-state index is 10.3. The highest BCUT2D eigenvalue weighted by Crippen LogP contribution is 1.76. The van der Waals surface area contributed by atoms with Gasteiger partial charge in [-0.1, -0.05) is 13.2 Å². The Balaban J connectivity index is 3.39. The fourth-order valence-electron chi connectivity index (χ4n) is 0.261. The van der Waals surface area contributed by atoms with Gasteiger partial charge >= 0.3 is 0 Å². The second-order valence-electron chi connectivity index (χ2n) is 1.49. The van der Waals surface area contributed by atoms with E-state index in [2.05, 4.69) is 18.5 Å². The summed E-state index contributed by atoms with van der Waals surface area (Å²) in [6.45, 7) is 6.47. The summed E-state index contributed by atoms with van der Waals surface area (Å²) in [5, 5.41) is 10.8. The smallest absolute Gasteiger partial charge is 0.243 e. The van der Waals surface area contributed by atoms with Gasteiger partial charge in [-0.05, 0) is 6.08 Å². The Morgan fingerprint density at radius 2 is 2.33 bits per heavy atom. The van der Waals surface area contributed by atoms with Crippen LogP contribution in [0.1, 0.15) is 0 Å². The van der Waals surface area contributed by atoms with Crippen molar-refractivity contribution < 1.29 is 9.90 Å². The Labute approximate surface area is 53.7 Å². The van der Waals surface area contributed by atoms with E-state index in [1.807, 2.05) is 0 Å². The summed E-state index contributed by atoms with van der Waals surface area (Å²) in [4.78, 5) is 10.3. The number of carbonyl (C=O) groups is 1. The Kier molecular flexibility index (Phi) is 3.20. The minimum atomic E-state index is -0.315. The van der Waals surface area contributed by atoms with Crippen LogP contribution in [0.25, 0.3) is 0 Å². The van der Waals surface area contributed by atoms with E-state index in [1.165, 1.54) is 0 Å². The minimum absolute atomic E-state index is 0.0646. The number of aliphatic hydroxyl groups is 1. The second kappa shape index (κ2) is 3.72. The molecule has 0 unspecified atom stereocenters. The van der Waals surface area contributed by atoms with E-state index < -0.39 is 0 Å². The predicted molar refractivity (Wildman–Crippen MR) is 35.0 cm³/mol. The van der Waals surface area contributed by atoms with Gasteiger partial charge in [0.25, 0.3) is 0 Å². The van der Waals surface area contributed by atoms with E-state index in [1.54, 1.807) is 0 Å². The number of hydrogen-bond donors (Lipinski definition) is 2. The van der Waals surface area contributed by atoms with Gasteiger partial charge in [0.15, 0.2) is 0 Å². The Bertz CT molecular complexity index is 140. The van der Waals surface area contributed by atoms with Crippen molar-refractivity contribution in [1.82, 2.24) is 5.32 Å². The van der Waals surface area contributed by atoms with Crippen LogP contribution in [0, 0.1) is 0 Å². The summed E-state index contributed by atoms with van der Waals surface area (Å²) >= 11 is 0. The molecule has 0 rings (SSSR count). The van der Waals surface area contributed by atoms with Crippen LogP contribution in [0.4, 0.5) is 0 Å². The summed E-state index contributed by atoms with van der Waals surface area (Å²) in [5.41, 5.74) is 0. The van der Waals surface area contributed by atoms with Crippen molar-refractivity contribution in [2.45, 2.75) is 0 Å². The average Bonchev–Trinajstić information content (AvgIpc) is 1.83. The van der Waals surface area contributed by atoms with E-state index in [0.29, 0.717) is 0 Å². The van der Waals surface area contributed by atoms with Crippen LogP contribution in [0.2, 0.25) is 0 Å². The van der Waals surface area contributed by atoms with Gasteiger partial charge in [0.05, 0.1) is 6.54 Å². The third kappa shape index (κ3) is 4.61. The molecule has 0 heterocycles. The van der Waals surface area contributed by atoms with Crippen LogP contribution in [-0.2, 0) is 4.79 Å². The van der Waals surface area contributed by atoms with Gasteiger partial charge in [-0.15, -0.1) is 0 Å². The van der Waals surface area contributed by atoms with E-state index in [-0.39, 0.29) is 18.2 Å². The SMILES string of the molecule is C=CC(=O)NCC(=C)O. The van der Waals surface area contributed by atoms with Gasteiger partial charge in [-0.25, -0.2) is 0 Å². The zero-order valence-electron chi connectivity index (χ0n) is 5.05. The van der Waals surface area contributed by atoms with E-state index in [9.17, 15) is 4.79 Å². The molecule has 0 saturated carbocycles. The van der Waals surface area contributed by atoms with Crippen molar-refractivity contribution in [2.75, 3.05) is 6.54 Å². The van der Waals surface area contributed by atoms with Crippen LogP contribution in [0.5, 0.6) is 0 Å². The van der Waals surface area contributed by atoms with Crippen LogP contribution >= 0.6 is 0 Å². The predicted octanol–water partition coefficient (Wildman–Crippen LogP) is 0.360. The molecule has 9 heavy (non-hydrogen) atoms. The highest BCUT2D eigenvalue weighted by molar-refractivity contribution is 5.86. The molecular formula is C6H9NO2. The van der Waals surface area contributed by atoms with Crippen molar-refractivity contribution in [1.29, 1.82) is 0 Å². The van der Waals surface area contributed by atoms with Gasteiger partial charge in [0.1, 0.15) is 5.76 Å². The number of hydrogen-bond acceptors (Lipinski definition) is 2. The quantitative estimate of drug-likeness (QED) is 0.425. The van der Waals surface area contributed by atoms with Crippen molar-refractivity contribution >= 4 is 5.91 Å². The molecule has 0 saturated heterocycles.